The average molecular weight is 340 g/mol. The normalized spacial score (nSPS) is 23.0. The molecule has 132 valence electrons. The molecule has 2 aliphatic heterocycles. The average Bonchev–Trinajstić information content (AvgIpc) is 3.33. The first-order valence-electron chi connectivity index (χ1n) is 8.82. The third kappa shape index (κ3) is 3.02. The molecule has 0 radical (unpaired) electrons. The Morgan fingerprint density at radius 2 is 1.96 bits per heavy atom. The number of aromatic nitrogens is 2. The van der Waals surface area contributed by atoms with Crippen LogP contribution in [0.25, 0.3) is 0 Å². The van der Waals surface area contributed by atoms with Crippen molar-refractivity contribution in [1.82, 2.24) is 19.6 Å². The number of carbonyl (C=O) groups excluding carboxylic acids is 1. The van der Waals surface area contributed by atoms with Crippen LogP contribution >= 0.6 is 0 Å². The molecule has 0 unspecified atom stereocenters. The van der Waals surface area contributed by atoms with Crippen LogP contribution in [0.15, 0.2) is 36.7 Å². The fourth-order valence-electron chi connectivity index (χ4n) is 4.21. The Morgan fingerprint density at radius 3 is 2.64 bits per heavy atom. The SMILES string of the molecule is COc1ccc(C(=O)N2CC[C@H]3[C@H]2CCN3Cc2cnn(C)c2)cc1. The van der Waals surface area contributed by atoms with Crippen LogP contribution in [0.2, 0.25) is 0 Å². The molecule has 0 aliphatic carbocycles. The van der Waals surface area contributed by atoms with Gasteiger partial charge in [-0.05, 0) is 37.1 Å². The van der Waals surface area contributed by atoms with Crippen LogP contribution in [-0.2, 0) is 13.6 Å². The van der Waals surface area contributed by atoms with E-state index in [4.69, 9.17) is 4.74 Å². The van der Waals surface area contributed by atoms with Gasteiger partial charge in [-0.3, -0.25) is 14.4 Å². The van der Waals surface area contributed by atoms with E-state index in [0.717, 1.165) is 43.8 Å². The van der Waals surface area contributed by atoms with Gasteiger partial charge in [-0.25, -0.2) is 0 Å². The lowest BCUT2D eigenvalue weighted by atomic mass is 10.1. The van der Waals surface area contributed by atoms with Crippen LogP contribution in [0.5, 0.6) is 5.75 Å². The Morgan fingerprint density at radius 1 is 1.20 bits per heavy atom. The lowest BCUT2D eigenvalue weighted by molar-refractivity contribution is 0.0732. The van der Waals surface area contributed by atoms with Gasteiger partial charge in [0.15, 0.2) is 0 Å². The zero-order chi connectivity index (χ0) is 17.4. The number of nitrogens with zero attached hydrogens (tertiary/aromatic N) is 4. The number of hydrogen-bond acceptors (Lipinski definition) is 4. The first kappa shape index (κ1) is 16.1. The van der Waals surface area contributed by atoms with Crippen LogP contribution in [-0.4, -0.2) is 57.8 Å². The largest absolute Gasteiger partial charge is 0.497 e. The Bertz CT molecular complexity index is 755. The third-order valence-electron chi connectivity index (χ3n) is 5.43. The second kappa shape index (κ2) is 6.52. The molecule has 1 aromatic carbocycles. The fourth-order valence-corrected chi connectivity index (χ4v) is 4.21. The Hall–Kier alpha value is -2.34. The number of amides is 1. The van der Waals surface area contributed by atoms with Crippen molar-refractivity contribution in [3.05, 3.63) is 47.8 Å². The van der Waals surface area contributed by atoms with E-state index < -0.39 is 0 Å². The molecule has 2 aromatic rings. The maximum Gasteiger partial charge on any atom is 0.254 e. The number of benzene rings is 1. The lowest BCUT2D eigenvalue weighted by Gasteiger charge is -2.25. The second-order valence-corrected chi connectivity index (χ2v) is 6.93. The quantitative estimate of drug-likeness (QED) is 0.853. The number of carbonyl (C=O) groups is 1. The summed E-state index contributed by atoms with van der Waals surface area (Å²) in [5.41, 5.74) is 1.98. The number of ether oxygens (including phenoxy) is 1. The van der Waals surface area contributed by atoms with Crippen molar-refractivity contribution in [2.75, 3.05) is 20.2 Å². The molecular weight excluding hydrogens is 316 g/mol. The summed E-state index contributed by atoms with van der Waals surface area (Å²) in [6, 6.07) is 8.20. The minimum absolute atomic E-state index is 0.137. The summed E-state index contributed by atoms with van der Waals surface area (Å²) in [6.45, 7) is 2.79. The van der Waals surface area contributed by atoms with E-state index in [0.29, 0.717) is 12.1 Å². The van der Waals surface area contributed by atoms with E-state index in [1.54, 1.807) is 7.11 Å². The van der Waals surface area contributed by atoms with E-state index in [1.807, 2.05) is 42.2 Å². The van der Waals surface area contributed by atoms with Crippen LogP contribution in [0.3, 0.4) is 0 Å². The zero-order valence-electron chi connectivity index (χ0n) is 14.8. The molecule has 2 atom stereocenters. The standard InChI is InChI=1S/C19H24N4O2/c1-21-12-14(11-20-21)13-22-9-7-18-17(22)8-10-23(18)19(24)15-3-5-16(25-2)6-4-15/h3-6,11-12,17-18H,7-10,13H2,1-2H3/t17-,18+/m0/s1. The molecule has 2 saturated heterocycles. The third-order valence-corrected chi connectivity index (χ3v) is 5.43. The number of fused-ring (bicyclic) bond motifs is 1. The van der Waals surface area contributed by atoms with Gasteiger partial charge in [0.25, 0.3) is 5.91 Å². The van der Waals surface area contributed by atoms with E-state index in [2.05, 4.69) is 21.1 Å². The number of hydrogen-bond donors (Lipinski definition) is 0. The van der Waals surface area contributed by atoms with Gasteiger partial charge in [-0.2, -0.15) is 5.10 Å². The molecule has 2 fully saturated rings. The highest BCUT2D eigenvalue weighted by Gasteiger charge is 2.44. The molecule has 6 heteroatoms. The number of methoxy groups -OCH3 is 1. The van der Waals surface area contributed by atoms with E-state index in [1.165, 1.54) is 5.56 Å². The minimum atomic E-state index is 0.137. The molecule has 0 spiro atoms. The van der Waals surface area contributed by atoms with Gasteiger partial charge in [-0.15, -0.1) is 0 Å². The van der Waals surface area contributed by atoms with Crippen LogP contribution in [0.1, 0.15) is 28.8 Å². The van der Waals surface area contributed by atoms with Crippen LogP contribution < -0.4 is 4.74 Å². The van der Waals surface area contributed by atoms with Crippen LogP contribution in [0.4, 0.5) is 0 Å². The van der Waals surface area contributed by atoms with E-state index >= 15 is 0 Å². The predicted octanol–water partition coefficient (Wildman–Crippen LogP) is 1.92. The highest BCUT2D eigenvalue weighted by atomic mass is 16.5. The monoisotopic (exact) mass is 340 g/mol. The van der Waals surface area contributed by atoms with Gasteiger partial charge >= 0.3 is 0 Å². The second-order valence-electron chi connectivity index (χ2n) is 6.93. The number of likely N-dealkylation sites (tertiary alicyclic amines) is 2. The first-order chi connectivity index (χ1) is 12.2. The van der Waals surface area contributed by atoms with Crippen molar-refractivity contribution < 1.29 is 9.53 Å². The smallest absolute Gasteiger partial charge is 0.254 e. The van der Waals surface area contributed by atoms with Crippen molar-refractivity contribution in [3.8, 4) is 5.75 Å². The minimum Gasteiger partial charge on any atom is -0.497 e. The van der Waals surface area contributed by atoms with Crippen molar-refractivity contribution in [1.29, 1.82) is 0 Å². The highest BCUT2D eigenvalue weighted by Crippen LogP contribution is 2.33. The summed E-state index contributed by atoms with van der Waals surface area (Å²) in [6.07, 6.45) is 6.10. The molecule has 2 aliphatic rings. The van der Waals surface area contributed by atoms with Gasteiger partial charge < -0.3 is 9.64 Å². The number of aryl methyl sites for hydroxylation is 1. The van der Waals surface area contributed by atoms with Crippen molar-refractivity contribution in [2.24, 2.45) is 7.05 Å². The highest BCUT2D eigenvalue weighted by molar-refractivity contribution is 5.94. The molecule has 6 nitrogen and oxygen atoms in total. The Labute approximate surface area is 148 Å². The first-order valence-corrected chi connectivity index (χ1v) is 8.82. The summed E-state index contributed by atoms with van der Waals surface area (Å²) >= 11 is 0. The maximum absolute atomic E-state index is 12.9. The molecule has 0 saturated carbocycles. The lowest BCUT2D eigenvalue weighted by Crippen LogP contribution is -2.39. The molecule has 4 rings (SSSR count). The van der Waals surface area contributed by atoms with Gasteiger partial charge in [-0.1, -0.05) is 0 Å². The molecular formula is C19H24N4O2. The van der Waals surface area contributed by atoms with E-state index in [-0.39, 0.29) is 5.91 Å². The molecule has 1 amide bonds. The molecule has 25 heavy (non-hydrogen) atoms. The van der Waals surface area contributed by atoms with Crippen molar-refractivity contribution in [3.63, 3.8) is 0 Å². The topological polar surface area (TPSA) is 50.6 Å². The molecule has 0 N–H and O–H groups in total. The Kier molecular flexibility index (Phi) is 4.21. The molecule has 1 aromatic heterocycles. The fraction of sp³-hybridized carbons (Fsp3) is 0.474. The van der Waals surface area contributed by atoms with Gasteiger partial charge in [0, 0.05) is 56.1 Å². The predicted molar refractivity (Wildman–Crippen MR) is 94.5 cm³/mol. The van der Waals surface area contributed by atoms with Gasteiger partial charge in [0.05, 0.1) is 13.3 Å². The van der Waals surface area contributed by atoms with Gasteiger partial charge in [0.2, 0.25) is 0 Å². The number of rotatable bonds is 4. The molecule has 0 bridgehead atoms. The van der Waals surface area contributed by atoms with Crippen molar-refractivity contribution >= 4 is 5.91 Å². The van der Waals surface area contributed by atoms with Crippen molar-refractivity contribution in [2.45, 2.75) is 31.5 Å². The maximum atomic E-state index is 12.9. The molecule has 3 heterocycles. The zero-order valence-corrected chi connectivity index (χ0v) is 14.8. The Balaban J connectivity index is 1.44. The van der Waals surface area contributed by atoms with E-state index in [9.17, 15) is 4.79 Å². The summed E-state index contributed by atoms with van der Waals surface area (Å²) in [5.74, 6) is 0.915. The summed E-state index contributed by atoms with van der Waals surface area (Å²) in [5, 5.41) is 4.26. The summed E-state index contributed by atoms with van der Waals surface area (Å²) in [4.78, 5) is 17.5. The van der Waals surface area contributed by atoms with Gasteiger partial charge in [0.1, 0.15) is 5.75 Å². The summed E-state index contributed by atoms with van der Waals surface area (Å²) < 4.78 is 7.02. The van der Waals surface area contributed by atoms with Crippen LogP contribution in [0, 0.1) is 0 Å². The summed E-state index contributed by atoms with van der Waals surface area (Å²) in [7, 11) is 3.58.